The number of likely N-dealkylation sites (tertiary alicyclic amines) is 1. The Morgan fingerprint density at radius 1 is 1.00 bits per heavy atom. The van der Waals surface area contributed by atoms with Crippen molar-refractivity contribution < 1.29 is 17.9 Å². The highest BCUT2D eigenvalue weighted by atomic mass is 35.5. The van der Waals surface area contributed by atoms with Crippen molar-refractivity contribution in [1.82, 2.24) is 35.4 Å². The number of sulfone groups is 1. The molecule has 2 saturated heterocycles. The molecule has 2 aliphatic rings. The molecule has 0 saturated carbocycles. The average molecular weight is 720 g/mol. The first kappa shape index (κ1) is 36.1. The van der Waals surface area contributed by atoms with Gasteiger partial charge in [-0.2, -0.15) is 0 Å². The van der Waals surface area contributed by atoms with Crippen LogP contribution in [0.2, 0.25) is 10.0 Å². The Hall–Kier alpha value is -3.23. The Bertz CT molecular complexity index is 1630. The van der Waals surface area contributed by atoms with Gasteiger partial charge in [0.2, 0.25) is 11.8 Å². The molecular weight excluding hydrogens is 675 g/mol. The number of hydrogen-bond donors (Lipinski definition) is 2. The molecule has 4 heterocycles. The van der Waals surface area contributed by atoms with Gasteiger partial charge in [-0.15, -0.1) is 0 Å². The largest absolute Gasteiger partial charge is 0.436 e. The fourth-order valence-corrected chi connectivity index (χ4v) is 7.36. The number of urea groups is 1. The van der Waals surface area contributed by atoms with Gasteiger partial charge in [-0.3, -0.25) is 9.80 Å². The van der Waals surface area contributed by atoms with E-state index in [1.807, 2.05) is 24.3 Å². The first-order valence-electron chi connectivity index (χ1n) is 16.3. The van der Waals surface area contributed by atoms with Gasteiger partial charge in [-0.25, -0.2) is 28.2 Å². The van der Waals surface area contributed by atoms with Gasteiger partial charge >= 0.3 is 6.03 Å². The monoisotopic (exact) mass is 718 g/mol. The molecule has 15 heteroatoms. The molecule has 0 spiro atoms. The van der Waals surface area contributed by atoms with Crippen molar-refractivity contribution in [2.24, 2.45) is 5.92 Å². The van der Waals surface area contributed by atoms with Crippen LogP contribution in [0, 0.1) is 5.92 Å². The number of rotatable bonds is 12. The number of nitrogens with zero attached hydrogens (tertiary/aromatic N) is 6. The van der Waals surface area contributed by atoms with E-state index in [1.54, 1.807) is 25.5 Å². The molecule has 2 fully saturated rings. The summed E-state index contributed by atoms with van der Waals surface area (Å²) < 4.78 is 29.4. The summed E-state index contributed by atoms with van der Waals surface area (Å²) in [6.45, 7) is 8.42. The number of halogens is 2. The van der Waals surface area contributed by atoms with Crippen molar-refractivity contribution in [3.8, 4) is 22.9 Å². The summed E-state index contributed by atoms with van der Waals surface area (Å²) in [6, 6.07) is 9.37. The summed E-state index contributed by atoms with van der Waals surface area (Å²) in [7, 11) is -1.35. The second-order valence-electron chi connectivity index (χ2n) is 12.6. The minimum Gasteiger partial charge on any atom is -0.436 e. The number of carbonyl (C=O) groups excluding carboxylic acids is 1. The van der Waals surface area contributed by atoms with Crippen LogP contribution in [0.15, 0.2) is 42.7 Å². The van der Waals surface area contributed by atoms with E-state index < -0.39 is 9.84 Å². The van der Waals surface area contributed by atoms with Crippen LogP contribution < -0.4 is 20.3 Å². The number of amides is 2. The topological polar surface area (TPSA) is 133 Å². The lowest BCUT2D eigenvalue weighted by Crippen LogP contribution is -2.50. The lowest BCUT2D eigenvalue weighted by Gasteiger charge is -2.38. The van der Waals surface area contributed by atoms with Gasteiger partial charge in [0.1, 0.15) is 9.84 Å². The van der Waals surface area contributed by atoms with Crippen molar-refractivity contribution in [2.75, 3.05) is 69.8 Å². The number of piperidine rings is 1. The molecule has 1 unspecified atom stereocenters. The van der Waals surface area contributed by atoms with E-state index in [-0.39, 0.29) is 17.8 Å². The minimum atomic E-state index is -2.97. The molecule has 48 heavy (non-hydrogen) atoms. The number of aromatic nitrogens is 3. The maximum Gasteiger partial charge on any atom is 0.314 e. The highest BCUT2D eigenvalue weighted by Gasteiger charge is 2.24. The SMILES string of the molecule is CNC(=O)NCC1CCN(Cc2cc(Oc3cnc(N4CCN(C(C)CCS(C)(=O)=O)CC4)nc3)nc(-c3cc(Cl)cc(Cl)c3)c2)CC1. The maximum absolute atomic E-state index is 11.6. The Morgan fingerprint density at radius 3 is 2.29 bits per heavy atom. The van der Waals surface area contributed by atoms with E-state index in [4.69, 9.17) is 32.9 Å². The number of piperazine rings is 1. The van der Waals surface area contributed by atoms with Crippen molar-refractivity contribution in [2.45, 2.75) is 38.8 Å². The van der Waals surface area contributed by atoms with Gasteiger partial charge in [0, 0.05) is 80.3 Å². The molecule has 1 aromatic carbocycles. The van der Waals surface area contributed by atoms with E-state index >= 15 is 0 Å². The van der Waals surface area contributed by atoms with Crippen LogP contribution in [0.1, 0.15) is 31.7 Å². The third kappa shape index (κ3) is 10.6. The third-order valence-corrected chi connectivity index (χ3v) is 10.3. The lowest BCUT2D eigenvalue weighted by molar-refractivity contribution is 0.175. The summed E-state index contributed by atoms with van der Waals surface area (Å²) in [4.78, 5) is 32.4. The predicted molar refractivity (Wildman–Crippen MR) is 190 cm³/mol. The second-order valence-corrected chi connectivity index (χ2v) is 15.8. The number of anilines is 1. The summed E-state index contributed by atoms with van der Waals surface area (Å²) in [5.41, 5.74) is 2.52. The number of ether oxygens (including phenoxy) is 1. The van der Waals surface area contributed by atoms with Crippen LogP contribution in [-0.2, 0) is 16.4 Å². The Kier molecular flexibility index (Phi) is 12.4. The van der Waals surface area contributed by atoms with E-state index in [2.05, 4.69) is 42.2 Å². The quantitative estimate of drug-likeness (QED) is 0.271. The zero-order chi connectivity index (χ0) is 34.3. The summed E-state index contributed by atoms with van der Waals surface area (Å²) in [5.74, 6) is 2.15. The molecule has 2 aromatic heterocycles. The molecule has 260 valence electrons. The normalized spacial score (nSPS) is 17.2. The van der Waals surface area contributed by atoms with Gasteiger partial charge in [0.05, 0.1) is 23.8 Å². The Morgan fingerprint density at radius 2 is 1.67 bits per heavy atom. The van der Waals surface area contributed by atoms with Gasteiger partial charge in [0.15, 0.2) is 5.75 Å². The summed E-state index contributed by atoms with van der Waals surface area (Å²) >= 11 is 12.7. The number of benzene rings is 1. The molecule has 0 aliphatic carbocycles. The number of hydrogen-bond acceptors (Lipinski definition) is 10. The van der Waals surface area contributed by atoms with Crippen molar-refractivity contribution >= 4 is 45.0 Å². The zero-order valence-electron chi connectivity index (χ0n) is 27.7. The fraction of sp³-hybridized carbons (Fsp3) is 0.515. The molecule has 3 aromatic rings. The molecule has 12 nitrogen and oxygen atoms in total. The highest BCUT2D eigenvalue weighted by Crippen LogP contribution is 2.31. The van der Waals surface area contributed by atoms with Gasteiger partial charge in [-0.1, -0.05) is 23.2 Å². The van der Waals surface area contributed by atoms with E-state index in [9.17, 15) is 13.2 Å². The minimum absolute atomic E-state index is 0.149. The number of pyridine rings is 1. The molecule has 2 N–H and O–H groups in total. The third-order valence-electron chi connectivity index (χ3n) is 8.88. The average Bonchev–Trinajstić information content (AvgIpc) is 3.06. The highest BCUT2D eigenvalue weighted by molar-refractivity contribution is 7.90. The van der Waals surface area contributed by atoms with Crippen molar-refractivity contribution in [3.63, 3.8) is 0 Å². The molecule has 0 bridgehead atoms. The van der Waals surface area contributed by atoms with Crippen LogP contribution in [0.5, 0.6) is 11.6 Å². The van der Waals surface area contributed by atoms with Crippen LogP contribution in [-0.4, -0.2) is 110 Å². The maximum atomic E-state index is 11.6. The van der Waals surface area contributed by atoms with Crippen LogP contribution in [0.4, 0.5) is 10.7 Å². The standard InChI is InChI=1S/C33H44Cl2N8O4S/c1-23(6-13-48(3,45)46)42-9-11-43(12-10-42)32-37-20-29(21-38-32)47-31-15-25(14-30(40-31)26-16-27(34)18-28(35)17-26)22-41-7-4-24(5-8-41)19-39-33(44)36-2/h14-18,20-21,23-24H,4-13,19,22H2,1-3H3,(H2,36,39,44). The Balaban J connectivity index is 1.24. The van der Waals surface area contributed by atoms with Crippen molar-refractivity contribution in [3.05, 3.63) is 58.3 Å². The first-order chi connectivity index (χ1) is 22.9. The molecule has 0 radical (unpaired) electrons. The van der Waals surface area contributed by atoms with Crippen LogP contribution >= 0.6 is 23.2 Å². The van der Waals surface area contributed by atoms with Crippen molar-refractivity contribution in [1.29, 1.82) is 0 Å². The summed E-state index contributed by atoms with van der Waals surface area (Å²) in [6.07, 6.45) is 7.22. The van der Waals surface area contributed by atoms with E-state index in [0.717, 1.165) is 63.2 Å². The van der Waals surface area contributed by atoms with Gasteiger partial charge < -0.3 is 20.3 Å². The molecule has 2 amide bonds. The van der Waals surface area contributed by atoms with Gasteiger partial charge in [0.25, 0.3) is 0 Å². The molecule has 2 aliphatic heterocycles. The summed E-state index contributed by atoms with van der Waals surface area (Å²) in [5, 5.41) is 6.57. The fourth-order valence-electron chi connectivity index (χ4n) is 6.06. The van der Waals surface area contributed by atoms with Gasteiger partial charge in [-0.05, 0) is 75.0 Å². The molecular formula is C33H44Cl2N8O4S. The smallest absolute Gasteiger partial charge is 0.314 e. The van der Waals surface area contributed by atoms with E-state index in [1.165, 1.54) is 6.26 Å². The predicted octanol–water partition coefficient (Wildman–Crippen LogP) is 4.72. The molecule has 1 atom stereocenters. The van der Waals surface area contributed by atoms with Crippen LogP contribution in [0.25, 0.3) is 11.3 Å². The van der Waals surface area contributed by atoms with Crippen LogP contribution in [0.3, 0.4) is 0 Å². The lowest BCUT2D eigenvalue weighted by atomic mass is 9.96. The first-order valence-corrected chi connectivity index (χ1v) is 19.1. The number of carbonyl (C=O) groups is 1. The second kappa shape index (κ2) is 16.4. The molecule has 5 rings (SSSR count). The Labute approximate surface area is 293 Å². The number of nitrogens with one attached hydrogen (secondary N) is 2. The zero-order valence-corrected chi connectivity index (χ0v) is 30.0. The van der Waals surface area contributed by atoms with E-state index in [0.29, 0.717) is 58.7 Å².